The highest BCUT2D eigenvalue weighted by atomic mass is 35.5. The van der Waals surface area contributed by atoms with Crippen LogP contribution in [0.5, 0.6) is 0 Å². The SMILES string of the molecule is CCOC(=O)c1cn(CC)c2c(C#N)c(-c3ccc(Cl)cc3)cn2c1=O. The molecule has 0 atom stereocenters. The highest BCUT2D eigenvalue weighted by Crippen LogP contribution is 2.29. The molecule has 0 aliphatic carbocycles. The Morgan fingerprint density at radius 2 is 1.92 bits per heavy atom. The van der Waals surface area contributed by atoms with Crippen molar-refractivity contribution in [2.24, 2.45) is 0 Å². The van der Waals surface area contributed by atoms with Crippen LogP contribution in [0.4, 0.5) is 0 Å². The number of carbonyl (C=O) groups excluding carboxylic acids is 1. The second kappa shape index (κ2) is 7.06. The van der Waals surface area contributed by atoms with Crippen LogP contribution in [0.3, 0.4) is 0 Å². The van der Waals surface area contributed by atoms with E-state index in [4.69, 9.17) is 16.3 Å². The van der Waals surface area contributed by atoms with Gasteiger partial charge in [0.05, 0.1) is 6.61 Å². The number of aromatic nitrogens is 2. The first kappa shape index (κ1) is 17.8. The average Bonchev–Trinajstić information content (AvgIpc) is 3.03. The van der Waals surface area contributed by atoms with Crippen molar-refractivity contribution in [2.75, 3.05) is 6.61 Å². The van der Waals surface area contributed by atoms with Gasteiger partial charge < -0.3 is 9.30 Å². The minimum absolute atomic E-state index is 0.0663. The lowest BCUT2D eigenvalue weighted by Gasteiger charge is -2.10. The van der Waals surface area contributed by atoms with E-state index >= 15 is 0 Å². The summed E-state index contributed by atoms with van der Waals surface area (Å²) in [5, 5.41) is 10.3. The largest absolute Gasteiger partial charge is 0.462 e. The van der Waals surface area contributed by atoms with Crippen molar-refractivity contribution in [2.45, 2.75) is 20.4 Å². The number of hydrogen-bond donors (Lipinski definition) is 0. The topological polar surface area (TPSA) is 76.5 Å². The smallest absolute Gasteiger partial charge is 0.345 e. The van der Waals surface area contributed by atoms with Crippen molar-refractivity contribution in [3.8, 4) is 17.2 Å². The zero-order valence-corrected chi connectivity index (χ0v) is 15.1. The molecule has 2 aromatic heterocycles. The van der Waals surface area contributed by atoms with Crippen molar-refractivity contribution >= 4 is 23.2 Å². The van der Waals surface area contributed by atoms with Gasteiger partial charge in [-0.05, 0) is 31.5 Å². The van der Waals surface area contributed by atoms with Crippen LogP contribution in [0.1, 0.15) is 29.8 Å². The predicted octanol–water partition coefficient (Wildman–Crippen LogP) is 3.49. The van der Waals surface area contributed by atoms with E-state index in [1.54, 1.807) is 42.0 Å². The summed E-state index contributed by atoms with van der Waals surface area (Å²) >= 11 is 5.93. The Balaban J connectivity index is 2.35. The number of benzene rings is 1. The molecular weight excluding hydrogens is 354 g/mol. The molecule has 0 unspecified atom stereocenters. The monoisotopic (exact) mass is 369 g/mol. The van der Waals surface area contributed by atoms with Gasteiger partial charge in [0.1, 0.15) is 22.8 Å². The van der Waals surface area contributed by atoms with Crippen LogP contribution < -0.4 is 5.56 Å². The van der Waals surface area contributed by atoms with Gasteiger partial charge in [-0.25, -0.2) is 4.79 Å². The summed E-state index contributed by atoms with van der Waals surface area (Å²) < 4.78 is 8.00. The van der Waals surface area contributed by atoms with Crippen LogP contribution in [0.2, 0.25) is 5.02 Å². The van der Waals surface area contributed by atoms with E-state index in [9.17, 15) is 14.9 Å². The number of nitrogens with zero attached hydrogens (tertiary/aromatic N) is 3. The number of rotatable bonds is 4. The van der Waals surface area contributed by atoms with Gasteiger partial charge >= 0.3 is 5.97 Å². The number of aryl methyl sites for hydroxylation is 1. The zero-order chi connectivity index (χ0) is 18.8. The zero-order valence-electron chi connectivity index (χ0n) is 14.3. The minimum Gasteiger partial charge on any atom is -0.462 e. The first-order valence-corrected chi connectivity index (χ1v) is 8.51. The molecular formula is C19H16ClN3O3. The van der Waals surface area contributed by atoms with Gasteiger partial charge in [-0.1, -0.05) is 23.7 Å². The van der Waals surface area contributed by atoms with Crippen molar-refractivity contribution in [1.29, 1.82) is 5.26 Å². The van der Waals surface area contributed by atoms with Crippen molar-refractivity contribution < 1.29 is 9.53 Å². The Labute approximate surface area is 154 Å². The first-order chi connectivity index (χ1) is 12.5. The maximum Gasteiger partial charge on any atom is 0.345 e. The number of hydrogen-bond acceptors (Lipinski definition) is 4. The second-order valence-electron chi connectivity index (χ2n) is 5.58. The van der Waals surface area contributed by atoms with Crippen LogP contribution in [0.15, 0.2) is 41.5 Å². The first-order valence-electron chi connectivity index (χ1n) is 8.13. The quantitative estimate of drug-likeness (QED) is 0.659. The molecule has 26 heavy (non-hydrogen) atoms. The Morgan fingerprint density at radius 3 is 2.50 bits per heavy atom. The van der Waals surface area contributed by atoms with E-state index in [0.29, 0.717) is 28.3 Å². The number of ether oxygens (including phenoxy) is 1. The maximum atomic E-state index is 12.8. The normalized spacial score (nSPS) is 10.7. The predicted molar refractivity (Wildman–Crippen MR) is 98.4 cm³/mol. The lowest BCUT2D eigenvalue weighted by Crippen LogP contribution is -2.26. The van der Waals surface area contributed by atoms with E-state index in [-0.39, 0.29) is 12.2 Å². The molecule has 0 spiro atoms. The standard InChI is InChI=1S/C19H16ClN3O3/c1-3-22-10-16(19(25)26-4-2)18(24)23-11-15(14(9-21)17(22)23)12-5-7-13(20)8-6-12/h5-8,10-11H,3-4H2,1-2H3. The van der Waals surface area contributed by atoms with Crippen LogP contribution in [-0.2, 0) is 11.3 Å². The Bertz CT molecular complexity index is 1090. The molecule has 1 aromatic carbocycles. The molecule has 0 fully saturated rings. The summed E-state index contributed by atoms with van der Waals surface area (Å²) in [6.45, 7) is 4.20. The molecule has 6 nitrogen and oxygen atoms in total. The molecule has 0 amide bonds. The Kier molecular flexibility index (Phi) is 4.83. The lowest BCUT2D eigenvalue weighted by molar-refractivity contribution is 0.0523. The van der Waals surface area contributed by atoms with Gasteiger partial charge in [0.25, 0.3) is 5.56 Å². The Morgan fingerprint density at radius 1 is 1.23 bits per heavy atom. The van der Waals surface area contributed by atoms with Crippen LogP contribution >= 0.6 is 11.6 Å². The molecule has 0 aliphatic rings. The molecule has 0 saturated heterocycles. The van der Waals surface area contributed by atoms with Crippen LogP contribution in [0, 0.1) is 11.3 Å². The average molecular weight is 370 g/mol. The Hall–Kier alpha value is -3.04. The van der Waals surface area contributed by atoms with Gasteiger partial charge in [-0.15, -0.1) is 0 Å². The number of nitriles is 1. The molecule has 0 N–H and O–H groups in total. The molecule has 0 saturated carbocycles. The summed E-state index contributed by atoms with van der Waals surface area (Å²) in [5.74, 6) is -0.679. The second-order valence-corrected chi connectivity index (χ2v) is 6.02. The summed E-state index contributed by atoms with van der Waals surface area (Å²) in [5.41, 5.74) is 1.58. The third-order valence-corrected chi connectivity index (χ3v) is 4.34. The van der Waals surface area contributed by atoms with Gasteiger partial charge in [0.15, 0.2) is 0 Å². The molecule has 0 bridgehead atoms. The third kappa shape index (κ3) is 2.87. The molecule has 3 rings (SSSR count). The summed E-state index contributed by atoms with van der Waals surface area (Å²) in [6.07, 6.45) is 3.02. The van der Waals surface area contributed by atoms with E-state index in [0.717, 1.165) is 5.56 Å². The van der Waals surface area contributed by atoms with Gasteiger partial charge in [-0.3, -0.25) is 9.20 Å². The van der Waals surface area contributed by atoms with Crippen molar-refractivity contribution in [3.05, 3.63) is 63.2 Å². The lowest BCUT2D eigenvalue weighted by atomic mass is 10.1. The fraction of sp³-hybridized carbons (Fsp3) is 0.211. The summed E-state index contributed by atoms with van der Waals surface area (Å²) in [6, 6.07) is 9.18. The highest BCUT2D eigenvalue weighted by Gasteiger charge is 2.21. The van der Waals surface area contributed by atoms with Gasteiger partial charge in [0.2, 0.25) is 0 Å². The fourth-order valence-corrected chi connectivity index (χ4v) is 3.01. The summed E-state index contributed by atoms with van der Waals surface area (Å²) in [4.78, 5) is 24.9. The van der Waals surface area contributed by atoms with E-state index in [2.05, 4.69) is 6.07 Å². The van der Waals surface area contributed by atoms with Crippen molar-refractivity contribution in [3.63, 3.8) is 0 Å². The van der Waals surface area contributed by atoms with E-state index < -0.39 is 11.5 Å². The molecule has 7 heteroatoms. The molecule has 2 heterocycles. The third-order valence-electron chi connectivity index (χ3n) is 4.09. The highest BCUT2D eigenvalue weighted by molar-refractivity contribution is 6.30. The molecule has 132 valence electrons. The van der Waals surface area contributed by atoms with Gasteiger partial charge in [-0.2, -0.15) is 5.26 Å². The van der Waals surface area contributed by atoms with Crippen LogP contribution in [0.25, 0.3) is 16.8 Å². The number of carbonyl (C=O) groups is 1. The molecule has 3 aromatic rings. The number of fused-ring (bicyclic) bond motifs is 1. The summed E-state index contributed by atoms with van der Waals surface area (Å²) in [7, 11) is 0. The van der Waals surface area contributed by atoms with E-state index in [1.165, 1.54) is 10.6 Å². The fourth-order valence-electron chi connectivity index (χ4n) is 2.88. The number of halogens is 1. The number of esters is 1. The van der Waals surface area contributed by atoms with E-state index in [1.807, 2.05) is 6.92 Å². The van der Waals surface area contributed by atoms with Crippen molar-refractivity contribution in [1.82, 2.24) is 8.97 Å². The molecule has 0 radical (unpaired) electrons. The molecule has 0 aliphatic heterocycles. The van der Waals surface area contributed by atoms with Gasteiger partial charge in [0, 0.05) is 29.5 Å². The van der Waals surface area contributed by atoms with Crippen LogP contribution in [-0.4, -0.2) is 21.5 Å². The minimum atomic E-state index is -0.679. The maximum absolute atomic E-state index is 12.8.